The number of hydrogen-bond acceptors (Lipinski definition) is 7. The zero-order chi connectivity index (χ0) is 25.8. The van der Waals surface area contributed by atoms with Gasteiger partial charge >= 0.3 is 0 Å². The van der Waals surface area contributed by atoms with E-state index in [1.54, 1.807) is 35.7 Å². The van der Waals surface area contributed by atoms with E-state index < -0.39 is 5.91 Å². The number of carbonyl (C=O) groups is 1. The smallest absolute Gasteiger partial charge is 0.249 e. The molecule has 8 nitrogen and oxygen atoms in total. The van der Waals surface area contributed by atoms with E-state index in [0.717, 1.165) is 52.2 Å². The van der Waals surface area contributed by atoms with Gasteiger partial charge in [0.2, 0.25) is 5.91 Å². The minimum atomic E-state index is -0.486. The van der Waals surface area contributed by atoms with Crippen molar-refractivity contribution >= 4 is 17.2 Å². The first-order valence-electron chi connectivity index (χ1n) is 12.1. The summed E-state index contributed by atoms with van der Waals surface area (Å²) in [4.78, 5) is 18.6. The summed E-state index contributed by atoms with van der Waals surface area (Å²) in [5.74, 6) is -0.486. The minimum absolute atomic E-state index is 0.324. The van der Waals surface area contributed by atoms with Crippen LogP contribution in [0.5, 0.6) is 0 Å². The van der Waals surface area contributed by atoms with Gasteiger partial charge in [0, 0.05) is 46.8 Å². The van der Waals surface area contributed by atoms with Gasteiger partial charge in [-0.15, -0.1) is 11.3 Å². The van der Waals surface area contributed by atoms with Gasteiger partial charge in [0.1, 0.15) is 5.01 Å². The molecule has 9 heteroatoms. The summed E-state index contributed by atoms with van der Waals surface area (Å²) < 4.78 is 1.83. The van der Waals surface area contributed by atoms with Gasteiger partial charge in [-0.25, -0.2) is 4.98 Å². The van der Waals surface area contributed by atoms with Crippen LogP contribution in [-0.4, -0.2) is 33.3 Å². The zero-order valence-corrected chi connectivity index (χ0v) is 21.0. The molecule has 0 saturated heterocycles. The number of nitrogens with one attached hydrogen (secondary N) is 1. The number of hydrogen-bond donors (Lipinski definition) is 2. The van der Waals surface area contributed by atoms with E-state index in [-0.39, 0.29) is 0 Å². The molecule has 1 atom stereocenters. The molecule has 0 radical (unpaired) electrons. The van der Waals surface area contributed by atoms with Crippen molar-refractivity contribution in [2.24, 2.45) is 5.73 Å². The van der Waals surface area contributed by atoms with Gasteiger partial charge in [-0.3, -0.25) is 9.48 Å². The fourth-order valence-electron chi connectivity index (χ4n) is 4.69. The molecule has 2 aromatic carbocycles. The number of nitrogens with zero attached hydrogens (tertiary/aromatic N) is 5. The van der Waals surface area contributed by atoms with E-state index in [9.17, 15) is 4.79 Å². The van der Waals surface area contributed by atoms with E-state index in [4.69, 9.17) is 21.2 Å². The number of primary amides is 1. The maximum atomic E-state index is 12.4. The van der Waals surface area contributed by atoms with Crippen LogP contribution >= 0.6 is 11.3 Å². The Morgan fingerprint density at radius 2 is 2.03 bits per heavy atom. The molecule has 1 amide bonds. The van der Waals surface area contributed by atoms with Crippen LogP contribution in [0.25, 0.3) is 21.7 Å². The molecular weight excluding hydrogens is 482 g/mol. The Balaban J connectivity index is 1.44. The Labute approximate surface area is 219 Å². The molecule has 0 unspecified atom stereocenters. The predicted molar refractivity (Wildman–Crippen MR) is 142 cm³/mol. The number of nitriles is 2. The first-order valence-corrected chi connectivity index (χ1v) is 12.9. The van der Waals surface area contributed by atoms with Gasteiger partial charge in [-0.2, -0.15) is 15.6 Å². The molecule has 184 valence electrons. The van der Waals surface area contributed by atoms with Crippen LogP contribution in [0.2, 0.25) is 0 Å². The largest absolute Gasteiger partial charge is 0.366 e. The maximum absolute atomic E-state index is 12.4. The second-order valence-electron chi connectivity index (χ2n) is 9.01. The van der Waals surface area contributed by atoms with E-state index in [1.807, 2.05) is 35.1 Å². The SMILES string of the molecule is N#CCCN[C@H]1CCc2nc(-c3c(Cn4cc(-c5ccc(C#N)cc5)cn4)cccc3C(N)=O)sc2C1. The third-order valence-electron chi connectivity index (χ3n) is 6.55. The molecule has 0 spiro atoms. The Morgan fingerprint density at radius 1 is 1.19 bits per heavy atom. The molecule has 2 heterocycles. The summed E-state index contributed by atoms with van der Waals surface area (Å²) in [5, 5.41) is 26.7. The monoisotopic (exact) mass is 507 g/mol. The van der Waals surface area contributed by atoms with E-state index in [1.165, 1.54) is 4.88 Å². The lowest BCUT2D eigenvalue weighted by Gasteiger charge is -2.21. The summed E-state index contributed by atoms with van der Waals surface area (Å²) in [6.07, 6.45) is 6.92. The molecule has 5 rings (SSSR count). The highest BCUT2D eigenvalue weighted by molar-refractivity contribution is 7.15. The van der Waals surface area contributed by atoms with Crippen LogP contribution in [0, 0.1) is 22.7 Å². The highest BCUT2D eigenvalue weighted by atomic mass is 32.1. The van der Waals surface area contributed by atoms with Crippen LogP contribution in [0.15, 0.2) is 54.9 Å². The predicted octanol–water partition coefficient (Wildman–Crippen LogP) is 4.05. The summed E-state index contributed by atoms with van der Waals surface area (Å²) in [5.41, 5.74) is 11.5. The molecular formula is C28H25N7OS. The van der Waals surface area contributed by atoms with Crippen LogP contribution in [-0.2, 0) is 19.4 Å². The lowest BCUT2D eigenvalue weighted by Crippen LogP contribution is -2.34. The fourth-order valence-corrected chi connectivity index (χ4v) is 5.97. The topological polar surface area (TPSA) is 133 Å². The molecule has 3 N–H and O–H groups in total. The minimum Gasteiger partial charge on any atom is -0.366 e. The molecule has 1 aliphatic carbocycles. The fraction of sp³-hybridized carbons (Fsp3) is 0.250. The first-order chi connectivity index (χ1) is 18.1. The van der Waals surface area contributed by atoms with E-state index in [0.29, 0.717) is 36.7 Å². The van der Waals surface area contributed by atoms with Crippen LogP contribution in [0.1, 0.15) is 44.9 Å². The van der Waals surface area contributed by atoms with Crippen molar-refractivity contribution in [2.45, 2.75) is 38.3 Å². The Hall–Kier alpha value is -4.31. The van der Waals surface area contributed by atoms with Crippen LogP contribution in [0.3, 0.4) is 0 Å². The third-order valence-corrected chi connectivity index (χ3v) is 7.69. The molecule has 0 saturated carbocycles. The summed E-state index contributed by atoms with van der Waals surface area (Å²) in [6.45, 7) is 1.14. The summed E-state index contributed by atoms with van der Waals surface area (Å²) >= 11 is 1.61. The number of thiazole rings is 1. The van der Waals surface area contributed by atoms with E-state index in [2.05, 4.69) is 22.6 Å². The molecule has 0 bridgehead atoms. The highest BCUT2D eigenvalue weighted by Crippen LogP contribution is 2.36. The van der Waals surface area contributed by atoms with Crippen LogP contribution < -0.4 is 11.1 Å². The molecule has 4 aromatic rings. The molecule has 2 aromatic heterocycles. The van der Waals surface area contributed by atoms with Crippen LogP contribution in [0.4, 0.5) is 0 Å². The standard InChI is InChI=1S/C28H25N7OS/c29-11-2-12-32-22-9-10-24-25(13-22)37-28(34-24)26-20(3-1-4-23(26)27(31)36)16-35-17-21(15-33-35)19-7-5-18(14-30)6-8-19/h1,3-8,15,17,22,32H,2,9-10,12-13,16H2,(H2,31,36)/t22-/m0/s1. The molecule has 0 fully saturated rings. The number of nitrogens with two attached hydrogens (primary N) is 1. The zero-order valence-electron chi connectivity index (χ0n) is 20.1. The number of amides is 1. The normalized spacial score (nSPS) is 14.5. The number of carbonyl (C=O) groups excluding carboxylic acids is 1. The molecule has 0 aliphatic heterocycles. The second-order valence-corrected chi connectivity index (χ2v) is 10.1. The maximum Gasteiger partial charge on any atom is 0.249 e. The lowest BCUT2D eigenvalue weighted by molar-refractivity contribution is 0.100. The first kappa shape index (κ1) is 24.4. The van der Waals surface area contributed by atoms with Crippen molar-refractivity contribution in [3.05, 3.63) is 82.1 Å². The van der Waals surface area contributed by atoms with Gasteiger partial charge < -0.3 is 11.1 Å². The van der Waals surface area contributed by atoms with Crippen molar-refractivity contribution in [1.29, 1.82) is 10.5 Å². The van der Waals surface area contributed by atoms with Crippen molar-refractivity contribution in [3.63, 3.8) is 0 Å². The lowest BCUT2D eigenvalue weighted by atomic mass is 9.97. The van der Waals surface area contributed by atoms with Crippen molar-refractivity contribution < 1.29 is 4.79 Å². The summed E-state index contributed by atoms with van der Waals surface area (Å²) in [7, 11) is 0. The van der Waals surface area contributed by atoms with Gasteiger partial charge in [-0.1, -0.05) is 24.3 Å². The number of aromatic nitrogens is 3. The number of fused-ring (bicyclic) bond motifs is 1. The average Bonchev–Trinajstić information content (AvgIpc) is 3.55. The van der Waals surface area contributed by atoms with Crippen molar-refractivity contribution in [3.8, 4) is 33.8 Å². The second kappa shape index (κ2) is 10.8. The summed E-state index contributed by atoms with van der Waals surface area (Å²) in [6, 6.07) is 17.6. The van der Waals surface area contributed by atoms with Crippen molar-refractivity contribution in [1.82, 2.24) is 20.1 Å². The Bertz CT molecular complexity index is 1520. The van der Waals surface area contributed by atoms with Crippen molar-refractivity contribution in [2.75, 3.05) is 6.54 Å². The van der Waals surface area contributed by atoms with Gasteiger partial charge in [0.05, 0.1) is 36.1 Å². The molecule has 37 heavy (non-hydrogen) atoms. The van der Waals surface area contributed by atoms with Gasteiger partial charge in [-0.05, 0) is 48.6 Å². The van der Waals surface area contributed by atoms with Gasteiger partial charge in [0.15, 0.2) is 0 Å². The third kappa shape index (κ3) is 5.29. The molecule has 1 aliphatic rings. The Kier molecular flexibility index (Phi) is 7.09. The Morgan fingerprint density at radius 3 is 2.78 bits per heavy atom. The van der Waals surface area contributed by atoms with Gasteiger partial charge in [0.25, 0.3) is 0 Å². The number of benzene rings is 2. The quantitative estimate of drug-likeness (QED) is 0.346. The number of rotatable bonds is 8. The number of aryl methyl sites for hydroxylation is 1. The highest BCUT2D eigenvalue weighted by Gasteiger charge is 2.25. The average molecular weight is 508 g/mol. The van der Waals surface area contributed by atoms with E-state index >= 15 is 0 Å².